The number of phenols is 1. The van der Waals surface area contributed by atoms with Crippen LogP contribution in [0.5, 0.6) is 11.5 Å². The molecular weight excluding hydrogens is 244 g/mol. The van der Waals surface area contributed by atoms with Gasteiger partial charge in [-0.25, -0.2) is 0 Å². The zero-order valence-electron chi connectivity index (χ0n) is 10.3. The molecule has 0 aromatic heterocycles. The second kappa shape index (κ2) is 5.35. The molecule has 1 N–H and O–H groups in total. The van der Waals surface area contributed by atoms with Crippen LogP contribution in [-0.2, 0) is 0 Å². The first-order valence-corrected chi connectivity index (χ1v) is 5.64. The van der Waals surface area contributed by atoms with Gasteiger partial charge in [0.2, 0.25) is 0 Å². The van der Waals surface area contributed by atoms with Gasteiger partial charge in [-0.2, -0.15) is 0 Å². The van der Waals surface area contributed by atoms with Gasteiger partial charge in [0.1, 0.15) is 0 Å². The highest BCUT2D eigenvalue weighted by Crippen LogP contribution is 2.33. The Kier molecular flexibility index (Phi) is 3.61. The molecule has 19 heavy (non-hydrogen) atoms. The standard InChI is InChI=1S/C15H12O4/c1-19-15-12(17)8-7-11(9-16)13(15)14(18)10-5-3-2-4-6-10/h2-9,17H,1H3. The average Bonchev–Trinajstić information content (AvgIpc) is 2.47. The second-order valence-electron chi connectivity index (χ2n) is 3.90. The molecule has 0 saturated heterocycles. The Morgan fingerprint density at radius 2 is 1.84 bits per heavy atom. The fourth-order valence-corrected chi connectivity index (χ4v) is 1.86. The zero-order valence-corrected chi connectivity index (χ0v) is 10.3. The predicted molar refractivity (Wildman–Crippen MR) is 69.9 cm³/mol. The molecule has 0 fully saturated rings. The van der Waals surface area contributed by atoms with Crippen molar-refractivity contribution in [3.05, 3.63) is 59.2 Å². The maximum absolute atomic E-state index is 12.4. The van der Waals surface area contributed by atoms with E-state index in [-0.39, 0.29) is 28.4 Å². The summed E-state index contributed by atoms with van der Waals surface area (Å²) in [5.74, 6) is -0.527. The molecule has 2 aromatic rings. The van der Waals surface area contributed by atoms with Gasteiger partial charge >= 0.3 is 0 Å². The number of phenolic OH excluding ortho intramolecular Hbond substituents is 1. The topological polar surface area (TPSA) is 63.6 Å². The molecule has 0 saturated carbocycles. The van der Waals surface area contributed by atoms with E-state index in [9.17, 15) is 14.7 Å². The Balaban J connectivity index is 2.64. The molecule has 0 amide bonds. The van der Waals surface area contributed by atoms with Gasteiger partial charge in [-0.15, -0.1) is 0 Å². The molecule has 96 valence electrons. The third kappa shape index (κ3) is 2.33. The number of hydrogen-bond donors (Lipinski definition) is 1. The van der Waals surface area contributed by atoms with E-state index in [0.29, 0.717) is 11.8 Å². The molecule has 0 aliphatic heterocycles. The van der Waals surface area contributed by atoms with Crippen molar-refractivity contribution in [3.63, 3.8) is 0 Å². The third-order valence-electron chi connectivity index (χ3n) is 2.76. The minimum Gasteiger partial charge on any atom is -0.504 e. The van der Waals surface area contributed by atoms with Crippen LogP contribution >= 0.6 is 0 Å². The molecule has 0 bridgehead atoms. The van der Waals surface area contributed by atoms with Crippen LogP contribution in [0.2, 0.25) is 0 Å². The van der Waals surface area contributed by atoms with Gasteiger partial charge in [0, 0.05) is 11.1 Å². The van der Waals surface area contributed by atoms with E-state index >= 15 is 0 Å². The van der Waals surface area contributed by atoms with Crippen molar-refractivity contribution < 1.29 is 19.4 Å². The highest BCUT2D eigenvalue weighted by molar-refractivity contribution is 6.15. The fourth-order valence-electron chi connectivity index (χ4n) is 1.86. The van der Waals surface area contributed by atoms with Gasteiger partial charge in [-0.05, 0) is 12.1 Å². The van der Waals surface area contributed by atoms with Crippen molar-refractivity contribution in [2.24, 2.45) is 0 Å². The van der Waals surface area contributed by atoms with Crippen molar-refractivity contribution in [1.29, 1.82) is 0 Å². The molecule has 4 heteroatoms. The molecule has 2 rings (SSSR count). The number of aromatic hydroxyl groups is 1. The lowest BCUT2D eigenvalue weighted by Crippen LogP contribution is -2.07. The van der Waals surface area contributed by atoms with Crippen LogP contribution in [0.3, 0.4) is 0 Å². The van der Waals surface area contributed by atoms with Crippen LogP contribution < -0.4 is 4.74 Å². The van der Waals surface area contributed by atoms with Crippen molar-refractivity contribution >= 4 is 12.1 Å². The van der Waals surface area contributed by atoms with Crippen LogP contribution in [0.1, 0.15) is 26.3 Å². The first-order valence-electron chi connectivity index (χ1n) is 5.64. The Morgan fingerprint density at radius 3 is 2.42 bits per heavy atom. The molecule has 4 nitrogen and oxygen atoms in total. The van der Waals surface area contributed by atoms with Gasteiger partial charge in [-0.1, -0.05) is 30.3 Å². The van der Waals surface area contributed by atoms with Crippen molar-refractivity contribution in [2.45, 2.75) is 0 Å². The maximum Gasteiger partial charge on any atom is 0.197 e. The lowest BCUT2D eigenvalue weighted by Gasteiger charge is -2.11. The number of benzene rings is 2. The van der Waals surface area contributed by atoms with Crippen molar-refractivity contribution in [2.75, 3.05) is 7.11 Å². The molecule has 0 aliphatic carbocycles. The molecule has 0 atom stereocenters. The lowest BCUT2D eigenvalue weighted by atomic mass is 9.97. The lowest BCUT2D eigenvalue weighted by molar-refractivity contribution is 0.102. The van der Waals surface area contributed by atoms with Gasteiger partial charge in [0.05, 0.1) is 12.7 Å². The maximum atomic E-state index is 12.4. The van der Waals surface area contributed by atoms with E-state index < -0.39 is 0 Å². The first-order chi connectivity index (χ1) is 9.19. The third-order valence-corrected chi connectivity index (χ3v) is 2.76. The molecule has 0 radical (unpaired) electrons. The van der Waals surface area contributed by atoms with Crippen molar-refractivity contribution in [1.82, 2.24) is 0 Å². The normalized spacial score (nSPS) is 9.95. The minimum atomic E-state index is -0.365. The van der Waals surface area contributed by atoms with Crippen LogP contribution in [0.25, 0.3) is 0 Å². The molecule has 0 unspecified atom stereocenters. The average molecular weight is 256 g/mol. The first kappa shape index (κ1) is 12.8. The largest absolute Gasteiger partial charge is 0.504 e. The number of aldehydes is 1. The van der Waals surface area contributed by atoms with E-state index in [1.807, 2.05) is 0 Å². The number of carbonyl (C=O) groups excluding carboxylic acids is 2. The van der Waals surface area contributed by atoms with E-state index in [1.54, 1.807) is 30.3 Å². The molecular formula is C15H12O4. The monoisotopic (exact) mass is 256 g/mol. The highest BCUT2D eigenvalue weighted by atomic mass is 16.5. The highest BCUT2D eigenvalue weighted by Gasteiger charge is 2.21. The summed E-state index contributed by atoms with van der Waals surface area (Å²) in [6, 6.07) is 11.2. The summed E-state index contributed by atoms with van der Waals surface area (Å²) in [7, 11) is 1.34. The fraction of sp³-hybridized carbons (Fsp3) is 0.0667. The van der Waals surface area contributed by atoms with Gasteiger partial charge in [0.15, 0.2) is 23.6 Å². The Hall–Kier alpha value is -2.62. The molecule has 0 heterocycles. The predicted octanol–water partition coefficient (Wildman–Crippen LogP) is 2.44. The zero-order chi connectivity index (χ0) is 13.8. The van der Waals surface area contributed by atoms with Crippen molar-refractivity contribution in [3.8, 4) is 11.5 Å². The number of hydrogen-bond acceptors (Lipinski definition) is 4. The second-order valence-corrected chi connectivity index (χ2v) is 3.90. The Morgan fingerprint density at radius 1 is 1.16 bits per heavy atom. The van der Waals surface area contributed by atoms with Gasteiger partial charge in [0.25, 0.3) is 0 Å². The van der Waals surface area contributed by atoms with Crippen LogP contribution in [0, 0.1) is 0 Å². The molecule has 0 aliphatic rings. The van der Waals surface area contributed by atoms with Crippen LogP contribution in [0.15, 0.2) is 42.5 Å². The number of carbonyl (C=O) groups is 2. The SMILES string of the molecule is COc1c(O)ccc(C=O)c1C(=O)c1ccccc1. The van der Waals surface area contributed by atoms with E-state index in [4.69, 9.17) is 4.74 Å². The van der Waals surface area contributed by atoms with E-state index in [0.717, 1.165) is 0 Å². The van der Waals surface area contributed by atoms with Crippen LogP contribution in [0.4, 0.5) is 0 Å². The number of rotatable bonds is 4. The van der Waals surface area contributed by atoms with Gasteiger partial charge < -0.3 is 9.84 Å². The smallest absolute Gasteiger partial charge is 0.197 e. The van der Waals surface area contributed by atoms with Gasteiger partial charge in [-0.3, -0.25) is 9.59 Å². The summed E-state index contributed by atoms with van der Waals surface area (Å²) in [5.41, 5.74) is 0.682. The molecule has 2 aromatic carbocycles. The molecule has 0 spiro atoms. The summed E-state index contributed by atoms with van der Waals surface area (Å²) in [6.45, 7) is 0. The summed E-state index contributed by atoms with van der Waals surface area (Å²) < 4.78 is 5.03. The minimum absolute atomic E-state index is 0.0125. The summed E-state index contributed by atoms with van der Waals surface area (Å²) >= 11 is 0. The summed E-state index contributed by atoms with van der Waals surface area (Å²) in [4.78, 5) is 23.5. The van der Waals surface area contributed by atoms with Crippen LogP contribution in [-0.4, -0.2) is 24.3 Å². The Labute approximate surface area is 110 Å². The summed E-state index contributed by atoms with van der Waals surface area (Å²) in [5, 5.41) is 9.71. The quantitative estimate of drug-likeness (QED) is 0.674. The number of ketones is 1. The number of methoxy groups -OCH3 is 1. The summed E-state index contributed by atoms with van der Waals surface area (Å²) in [6.07, 6.45) is 0.568. The number of ether oxygens (including phenoxy) is 1. The van der Waals surface area contributed by atoms with E-state index in [2.05, 4.69) is 0 Å². The van der Waals surface area contributed by atoms with E-state index in [1.165, 1.54) is 19.2 Å². The Bertz CT molecular complexity index is 618.